The Kier molecular flexibility index (Phi) is 5.25. The van der Waals surface area contributed by atoms with E-state index in [2.05, 4.69) is 5.32 Å². The summed E-state index contributed by atoms with van der Waals surface area (Å²) in [7, 11) is 0. The smallest absolute Gasteiger partial charge is 0.321 e. The van der Waals surface area contributed by atoms with Gasteiger partial charge in [0, 0.05) is 12.6 Å². The number of carbonyl (C=O) groups is 2. The maximum atomic E-state index is 10.7. The largest absolute Gasteiger partial charge is 0.480 e. The number of nitrogens with one attached hydrogen (secondary N) is 1. The molecule has 0 aromatic rings. The van der Waals surface area contributed by atoms with Gasteiger partial charge in [-0.05, 0) is 0 Å². The van der Waals surface area contributed by atoms with Crippen molar-refractivity contribution in [3.05, 3.63) is 0 Å². The van der Waals surface area contributed by atoms with Gasteiger partial charge >= 0.3 is 5.97 Å². The average molecular weight is 188 g/mol. The van der Waals surface area contributed by atoms with Gasteiger partial charge in [0.2, 0.25) is 0 Å². The summed E-state index contributed by atoms with van der Waals surface area (Å²) in [4.78, 5) is 21.2. The lowest BCUT2D eigenvalue weighted by Gasteiger charge is -2.21. The number of carboxylic acid groups (broad SMARTS) is 1. The van der Waals surface area contributed by atoms with Gasteiger partial charge in [-0.15, -0.1) is 0 Å². The van der Waals surface area contributed by atoms with Crippen LogP contribution in [0.25, 0.3) is 0 Å². The van der Waals surface area contributed by atoms with Gasteiger partial charge in [-0.2, -0.15) is 0 Å². The van der Waals surface area contributed by atoms with Crippen molar-refractivity contribution in [2.75, 3.05) is 6.54 Å². The van der Waals surface area contributed by atoms with Crippen LogP contribution in [0.2, 0.25) is 0 Å². The number of hydrogen-bond acceptors (Lipinski definition) is 4. The highest BCUT2D eigenvalue weighted by atomic mass is 16.4. The Morgan fingerprint density at radius 1 is 1.62 bits per heavy atom. The van der Waals surface area contributed by atoms with Crippen molar-refractivity contribution in [1.29, 1.82) is 0 Å². The van der Waals surface area contributed by atoms with Crippen molar-refractivity contribution in [2.45, 2.75) is 25.9 Å². The Bertz CT molecular complexity index is 182. The Morgan fingerprint density at radius 2 is 2.15 bits per heavy atom. The molecule has 5 nitrogen and oxygen atoms in total. The second kappa shape index (κ2) is 5.66. The molecule has 0 aromatic carbocycles. The molecular formula is C8H16N2O3. The summed E-state index contributed by atoms with van der Waals surface area (Å²) >= 11 is 0. The van der Waals surface area contributed by atoms with Gasteiger partial charge in [-0.25, -0.2) is 0 Å². The molecule has 4 N–H and O–H groups in total. The van der Waals surface area contributed by atoms with Crippen LogP contribution in [-0.2, 0) is 9.59 Å². The van der Waals surface area contributed by atoms with Crippen LogP contribution in [0.15, 0.2) is 0 Å². The second-order valence-electron chi connectivity index (χ2n) is 3.17. The summed E-state index contributed by atoms with van der Waals surface area (Å²) in [6, 6.07) is -0.877. The van der Waals surface area contributed by atoms with E-state index in [-0.39, 0.29) is 12.6 Å². The average Bonchev–Trinajstić information content (AvgIpc) is 2.04. The number of aliphatic carboxylic acids is 1. The van der Waals surface area contributed by atoms with Crippen molar-refractivity contribution in [2.24, 2.45) is 11.7 Å². The van der Waals surface area contributed by atoms with Gasteiger partial charge in [0.05, 0.1) is 5.92 Å². The zero-order valence-electron chi connectivity index (χ0n) is 7.86. The van der Waals surface area contributed by atoms with Gasteiger partial charge < -0.3 is 21.0 Å². The highest BCUT2D eigenvalue weighted by molar-refractivity contribution is 5.78. The number of rotatable bonds is 6. The quantitative estimate of drug-likeness (QED) is 0.475. The Balaban J connectivity index is 4.38. The number of nitrogens with two attached hydrogens (primary N) is 1. The maximum Gasteiger partial charge on any atom is 0.321 e. The topological polar surface area (TPSA) is 92.4 Å². The molecule has 0 amide bonds. The van der Waals surface area contributed by atoms with E-state index in [9.17, 15) is 9.59 Å². The van der Waals surface area contributed by atoms with E-state index in [1.54, 1.807) is 0 Å². The first-order valence-corrected chi connectivity index (χ1v) is 4.17. The second-order valence-corrected chi connectivity index (χ2v) is 3.17. The molecule has 0 spiro atoms. The van der Waals surface area contributed by atoms with E-state index < -0.39 is 17.9 Å². The van der Waals surface area contributed by atoms with Crippen molar-refractivity contribution in [3.63, 3.8) is 0 Å². The van der Waals surface area contributed by atoms with Gasteiger partial charge in [0.15, 0.2) is 0 Å². The molecule has 0 aromatic heterocycles. The van der Waals surface area contributed by atoms with E-state index in [0.717, 1.165) is 0 Å². The van der Waals surface area contributed by atoms with Crippen LogP contribution >= 0.6 is 0 Å². The van der Waals surface area contributed by atoms with E-state index >= 15 is 0 Å². The molecule has 0 bridgehead atoms. The van der Waals surface area contributed by atoms with Crippen LogP contribution in [0.1, 0.15) is 13.8 Å². The highest BCUT2D eigenvalue weighted by Crippen LogP contribution is 2.00. The summed E-state index contributed by atoms with van der Waals surface area (Å²) in [6.07, 6.45) is 0.578. The first-order chi connectivity index (χ1) is 6.02. The molecule has 0 heterocycles. The molecule has 0 saturated carbocycles. The Labute approximate surface area is 77.3 Å². The van der Waals surface area contributed by atoms with Crippen LogP contribution in [-0.4, -0.2) is 36.0 Å². The van der Waals surface area contributed by atoms with Gasteiger partial charge in [-0.1, -0.05) is 13.8 Å². The van der Waals surface area contributed by atoms with Crippen molar-refractivity contribution < 1.29 is 14.7 Å². The summed E-state index contributed by atoms with van der Waals surface area (Å²) in [5.41, 5.74) is 5.26. The van der Waals surface area contributed by atoms with E-state index in [0.29, 0.717) is 6.29 Å². The highest BCUT2D eigenvalue weighted by Gasteiger charge is 2.26. The fourth-order valence-corrected chi connectivity index (χ4v) is 1.01. The van der Waals surface area contributed by atoms with Crippen LogP contribution < -0.4 is 11.1 Å². The molecule has 0 aliphatic carbocycles. The summed E-state index contributed by atoms with van der Waals surface area (Å²) in [5, 5.41) is 11.5. The molecule has 76 valence electrons. The molecular weight excluding hydrogens is 172 g/mol. The fraction of sp³-hybridized carbons (Fsp3) is 0.750. The van der Waals surface area contributed by atoms with Crippen LogP contribution in [0.3, 0.4) is 0 Å². The lowest BCUT2D eigenvalue weighted by molar-refractivity contribution is -0.142. The molecule has 5 heteroatoms. The van der Waals surface area contributed by atoms with Crippen molar-refractivity contribution >= 4 is 12.3 Å². The molecule has 2 atom stereocenters. The van der Waals surface area contributed by atoms with Gasteiger partial charge in [-0.3, -0.25) is 4.79 Å². The lowest BCUT2D eigenvalue weighted by Crippen LogP contribution is -2.48. The van der Waals surface area contributed by atoms with Gasteiger partial charge in [0.25, 0.3) is 0 Å². The standard InChI is InChI=1S/C8H16N2O3/c1-5(2)10-7(8(12)13)6(3-9)4-11/h4-7,10H,3,9H2,1-2H3,(H,12,13). The van der Waals surface area contributed by atoms with Crippen LogP contribution in [0.5, 0.6) is 0 Å². The van der Waals surface area contributed by atoms with Crippen molar-refractivity contribution in [1.82, 2.24) is 5.32 Å². The lowest BCUT2D eigenvalue weighted by atomic mass is 10.0. The van der Waals surface area contributed by atoms with E-state index in [1.165, 1.54) is 0 Å². The Morgan fingerprint density at radius 3 is 2.38 bits per heavy atom. The van der Waals surface area contributed by atoms with Crippen molar-refractivity contribution in [3.8, 4) is 0 Å². The minimum absolute atomic E-state index is 0.00935. The molecule has 0 saturated heterocycles. The third-order valence-corrected chi connectivity index (χ3v) is 1.65. The van der Waals surface area contributed by atoms with Crippen LogP contribution in [0, 0.1) is 5.92 Å². The monoisotopic (exact) mass is 188 g/mol. The SMILES string of the molecule is CC(C)NC(C(=O)O)C(C=O)CN. The molecule has 0 aliphatic rings. The third-order valence-electron chi connectivity index (χ3n) is 1.65. The molecule has 0 aliphatic heterocycles. The molecule has 2 unspecified atom stereocenters. The number of carboxylic acids is 1. The third kappa shape index (κ3) is 4.00. The summed E-state index contributed by atoms with van der Waals surface area (Å²) < 4.78 is 0. The van der Waals surface area contributed by atoms with Crippen LogP contribution in [0.4, 0.5) is 0 Å². The molecule has 13 heavy (non-hydrogen) atoms. The normalized spacial score (nSPS) is 15.4. The Hall–Kier alpha value is -0.940. The van der Waals surface area contributed by atoms with E-state index in [4.69, 9.17) is 10.8 Å². The minimum atomic E-state index is -1.05. The first kappa shape index (κ1) is 12.1. The molecule has 0 rings (SSSR count). The fourth-order valence-electron chi connectivity index (χ4n) is 1.01. The number of aldehydes is 1. The zero-order valence-corrected chi connectivity index (χ0v) is 7.86. The number of carbonyl (C=O) groups excluding carboxylic acids is 1. The summed E-state index contributed by atoms with van der Waals surface area (Å²) in [5.74, 6) is -1.71. The zero-order chi connectivity index (χ0) is 10.4. The predicted octanol–water partition coefficient (Wildman–Crippen LogP) is -0.789. The summed E-state index contributed by atoms with van der Waals surface area (Å²) in [6.45, 7) is 3.67. The molecule has 0 radical (unpaired) electrons. The first-order valence-electron chi connectivity index (χ1n) is 4.17. The predicted molar refractivity (Wildman–Crippen MR) is 48.3 cm³/mol. The van der Waals surface area contributed by atoms with E-state index in [1.807, 2.05) is 13.8 Å². The number of hydrogen-bond donors (Lipinski definition) is 3. The minimum Gasteiger partial charge on any atom is -0.480 e. The maximum absolute atomic E-state index is 10.7. The molecule has 0 fully saturated rings. The van der Waals surface area contributed by atoms with Gasteiger partial charge in [0.1, 0.15) is 12.3 Å².